The van der Waals surface area contributed by atoms with Gasteiger partial charge in [0, 0.05) is 38.5 Å². The molecule has 2 aromatic carbocycles. The number of aryl methyl sites for hydroxylation is 1. The predicted octanol–water partition coefficient (Wildman–Crippen LogP) is 5.84. The molecule has 2 N–H and O–H groups in total. The van der Waals surface area contributed by atoms with E-state index in [1.165, 1.54) is 10.9 Å². The number of nitrogens with zero attached hydrogens (tertiary/aromatic N) is 1. The summed E-state index contributed by atoms with van der Waals surface area (Å²) >= 11 is 3.49. The van der Waals surface area contributed by atoms with E-state index in [9.17, 15) is 0 Å². The van der Waals surface area contributed by atoms with Crippen LogP contribution >= 0.6 is 15.9 Å². The Balaban J connectivity index is 1.85. The monoisotopic (exact) mass is 391 g/mol. The van der Waals surface area contributed by atoms with Gasteiger partial charge < -0.3 is 10.3 Å². The van der Waals surface area contributed by atoms with E-state index in [1.54, 1.807) is 0 Å². The summed E-state index contributed by atoms with van der Waals surface area (Å²) < 4.78 is 1.07. The van der Waals surface area contributed by atoms with Crippen LogP contribution in [-0.4, -0.2) is 9.97 Å². The van der Waals surface area contributed by atoms with E-state index in [-0.39, 0.29) is 6.04 Å². The third-order valence-corrected chi connectivity index (χ3v) is 4.90. The molecule has 25 heavy (non-hydrogen) atoms. The minimum atomic E-state index is -0.0291. The summed E-state index contributed by atoms with van der Waals surface area (Å²) in [4.78, 5) is 8.11. The molecule has 124 valence electrons. The number of para-hydroxylation sites is 1. The molecule has 0 bridgehead atoms. The quantitative estimate of drug-likeness (QED) is 0.458. The van der Waals surface area contributed by atoms with Gasteiger partial charge in [0.15, 0.2) is 0 Å². The van der Waals surface area contributed by atoms with Crippen LogP contribution in [0.3, 0.4) is 0 Å². The van der Waals surface area contributed by atoms with Crippen LogP contribution in [0.15, 0.2) is 77.4 Å². The molecule has 2 aromatic heterocycles. The maximum absolute atomic E-state index is 4.61. The largest absolute Gasteiger partial charge is 0.373 e. The smallest absolute Gasteiger partial charge is 0.0963 e. The Morgan fingerprint density at radius 3 is 2.48 bits per heavy atom. The molecule has 0 saturated carbocycles. The van der Waals surface area contributed by atoms with Crippen LogP contribution in [0, 0.1) is 6.92 Å². The summed E-state index contributed by atoms with van der Waals surface area (Å²) in [6.07, 6.45) is 1.84. The summed E-state index contributed by atoms with van der Waals surface area (Å²) in [6, 6.07) is 22.7. The zero-order chi connectivity index (χ0) is 17.2. The molecule has 0 radical (unpaired) electrons. The van der Waals surface area contributed by atoms with E-state index in [4.69, 9.17) is 0 Å². The average molecular weight is 392 g/mol. The fraction of sp³-hybridized carbons (Fsp3) is 0.0952. The summed E-state index contributed by atoms with van der Waals surface area (Å²) in [5.74, 6) is 0. The Kier molecular flexibility index (Phi) is 4.28. The lowest BCUT2D eigenvalue weighted by atomic mass is 9.99. The summed E-state index contributed by atoms with van der Waals surface area (Å²) in [5.41, 5.74) is 5.59. The number of aromatic nitrogens is 2. The second kappa shape index (κ2) is 6.73. The Labute approximate surface area is 155 Å². The molecule has 2 heterocycles. The van der Waals surface area contributed by atoms with Crippen molar-refractivity contribution in [1.29, 1.82) is 0 Å². The Morgan fingerprint density at radius 1 is 0.960 bits per heavy atom. The predicted molar refractivity (Wildman–Crippen MR) is 107 cm³/mol. The number of pyridine rings is 1. The van der Waals surface area contributed by atoms with Crippen LogP contribution in [0.4, 0.5) is 5.69 Å². The highest BCUT2D eigenvalue weighted by Crippen LogP contribution is 2.33. The van der Waals surface area contributed by atoms with Crippen molar-refractivity contribution in [2.75, 3.05) is 5.32 Å². The van der Waals surface area contributed by atoms with Gasteiger partial charge in [0.2, 0.25) is 0 Å². The van der Waals surface area contributed by atoms with Gasteiger partial charge in [-0.15, -0.1) is 0 Å². The van der Waals surface area contributed by atoms with Gasteiger partial charge in [-0.05, 0) is 49.4 Å². The maximum Gasteiger partial charge on any atom is 0.0963 e. The number of nitrogens with one attached hydrogen (secondary N) is 2. The van der Waals surface area contributed by atoms with Crippen LogP contribution in [0.5, 0.6) is 0 Å². The van der Waals surface area contributed by atoms with Gasteiger partial charge >= 0.3 is 0 Å². The molecule has 0 aliphatic heterocycles. The molecule has 4 heteroatoms. The summed E-state index contributed by atoms with van der Waals surface area (Å²) in [6.45, 7) is 2.12. The lowest BCUT2D eigenvalue weighted by Gasteiger charge is -2.20. The van der Waals surface area contributed by atoms with Gasteiger partial charge in [0.1, 0.15) is 0 Å². The zero-order valence-corrected chi connectivity index (χ0v) is 15.4. The highest BCUT2D eigenvalue weighted by atomic mass is 79.9. The minimum absolute atomic E-state index is 0.0291. The Morgan fingerprint density at radius 2 is 1.72 bits per heavy atom. The molecule has 0 amide bonds. The van der Waals surface area contributed by atoms with E-state index >= 15 is 0 Å². The molecule has 1 atom stereocenters. The van der Waals surface area contributed by atoms with Crippen LogP contribution in [-0.2, 0) is 0 Å². The second-order valence-electron chi connectivity index (χ2n) is 6.05. The summed E-state index contributed by atoms with van der Waals surface area (Å²) in [7, 11) is 0. The van der Waals surface area contributed by atoms with Crippen molar-refractivity contribution in [3.63, 3.8) is 0 Å². The number of benzene rings is 2. The zero-order valence-electron chi connectivity index (χ0n) is 13.8. The van der Waals surface area contributed by atoms with Crippen molar-refractivity contribution in [2.24, 2.45) is 0 Å². The number of hydrogen-bond acceptors (Lipinski definition) is 2. The lowest BCUT2D eigenvalue weighted by molar-refractivity contribution is 0.884. The number of hydrogen-bond donors (Lipinski definition) is 2. The standard InChI is InChI=1S/C21H18BrN3/c1-14-20(17-6-2-3-7-18(17)24-14)21(19-8-4-5-13-23-19)25-16-11-9-15(22)10-12-16/h2-13,21,24-25H,1H3/t21-/m0/s1. The molecule has 0 spiro atoms. The second-order valence-corrected chi connectivity index (χ2v) is 6.96. The first kappa shape index (κ1) is 15.9. The van der Waals surface area contributed by atoms with E-state index in [0.717, 1.165) is 27.1 Å². The SMILES string of the molecule is Cc1[nH]c2ccccc2c1[C@@H](Nc1ccc(Br)cc1)c1ccccn1. The maximum atomic E-state index is 4.61. The number of anilines is 1. The van der Waals surface area contributed by atoms with Gasteiger partial charge in [-0.1, -0.05) is 40.2 Å². The first-order chi connectivity index (χ1) is 12.2. The first-order valence-electron chi connectivity index (χ1n) is 8.22. The number of halogens is 1. The van der Waals surface area contributed by atoms with Crippen molar-refractivity contribution in [3.05, 3.63) is 94.4 Å². The fourth-order valence-corrected chi connectivity index (χ4v) is 3.49. The highest BCUT2D eigenvalue weighted by Gasteiger charge is 2.21. The molecule has 0 aliphatic rings. The summed E-state index contributed by atoms with van der Waals surface area (Å²) in [5, 5.41) is 4.88. The van der Waals surface area contributed by atoms with Crippen molar-refractivity contribution >= 4 is 32.5 Å². The van der Waals surface area contributed by atoms with Crippen LogP contribution in [0.2, 0.25) is 0 Å². The fourth-order valence-electron chi connectivity index (χ4n) is 3.22. The van der Waals surface area contributed by atoms with Gasteiger partial charge in [-0.3, -0.25) is 4.98 Å². The number of fused-ring (bicyclic) bond motifs is 1. The van der Waals surface area contributed by atoms with Crippen molar-refractivity contribution in [2.45, 2.75) is 13.0 Å². The minimum Gasteiger partial charge on any atom is -0.373 e. The molecule has 0 unspecified atom stereocenters. The number of aromatic amines is 1. The third kappa shape index (κ3) is 3.17. The van der Waals surface area contributed by atoms with Crippen LogP contribution in [0.1, 0.15) is 23.0 Å². The molecular formula is C21H18BrN3. The van der Waals surface area contributed by atoms with Crippen molar-refractivity contribution < 1.29 is 0 Å². The number of H-pyrrole nitrogens is 1. The molecule has 4 aromatic rings. The van der Waals surface area contributed by atoms with E-state index < -0.39 is 0 Å². The molecular weight excluding hydrogens is 374 g/mol. The highest BCUT2D eigenvalue weighted by molar-refractivity contribution is 9.10. The number of rotatable bonds is 4. The van der Waals surface area contributed by atoms with Crippen LogP contribution < -0.4 is 5.32 Å². The van der Waals surface area contributed by atoms with Crippen molar-refractivity contribution in [1.82, 2.24) is 9.97 Å². The van der Waals surface area contributed by atoms with Gasteiger partial charge in [-0.25, -0.2) is 0 Å². The third-order valence-electron chi connectivity index (χ3n) is 4.37. The molecule has 0 fully saturated rings. The molecule has 0 aliphatic carbocycles. The topological polar surface area (TPSA) is 40.7 Å². The first-order valence-corrected chi connectivity index (χ1v) is 9.02. The van der Waals surface area contributed by atoms with E-state index in [1.807, 2.05) is 30.5 Å². The van der Waals surface area contributed by atoms with E-state index in [0.29, 0.717) is 0 Å². The van der Waals surface area contributed by atoms with E-state index in [2.05, 4.69) is 80.6 Å². The van der Waals surface area contributed by atoms with Crippen molar-refractivity contribution in [3.8, 4) is 0 Å². The lowest BCUT2D eigenvalue weighted by Crippen LogP contribution is -2.14. The van der Waals surface area contributed by atoms with Crippen LogP contribution in [0.25, 0.3) is 10.9 Å². The molecule has 3 nitrogen and oxygen atoms in total. The Hall–Kier alpha value is -2.59. The van der Waals surface area contributed by atoms with Gasteiger partial charge in [0.05, 0.1) is 11.7 Å². The van der Waals surface area contributed by atoms with Gasteiger partial charge in [0.25, 0.3) is 0 Å². The molecule has 0 saturated heterocycles. The van der Waals surface area contributed by atoms with Gasteiger partial charge in [-0.2, -0.15) is 0 Å². The Bertz CT molecular complexity index is 991. The molecule has 4 rings (SSSR count). The normalized spacial score (nSPS) is 12.2. The average Bonchev–Trinajstić information content (AvgIpc) is 2.98.